The van der Waals surface area contributed by atoms with E-state index < -0.39 is 29.8 Å². The van der Waals surface area contributed by atoms with E-state index in [1.165, 1.54) is 24.7 Å². The van der Waals surface area contributed by atoms with Crippen molar-refractivity contribution in [1.82, 2.24) is 25.5 Å². The van der Waals surface area contributed by atoms with E-state index in [1.807, 2.05) is 30.3 Å². The number of benzene rings is 2. The zero-order valence-corrected chi connectivity index (χ0v) is 16.4. The number of fused-ring (bicyclic) bond motifs is 1. The number of H-pyrrole nitrogens is 1. The van der Waals surface area contributed by atoms with E-state index in [-0.39, 0.29) is 24.1 Å². The van der Waals surface area contributed by atoms with Crippen molar-refractivity contribution in [2.45, 2.75) is 19.0 Å². The summed E-state index contributed by atoms with van der Waals surface area (Å²) in [4.78, 5) is 58.7. The zero-order chi connectivity index (χ0) is 21.8. The summed E-state index contributed by atoms with van der Waals surface area (Å²) in [7, 11) is 0. The topological polar surface area (TPSA) is 124 Å². The summed E-state index contributed by atoms with van der Waals surface area (Å²) in [5, 5.41) is 4.83. The van der Waals surface area contributed by atoms with Gasteiger partial charge in [0.15, 0.2) is 0 Å². The molecule has 0 radical (unpaired) electrons. The van der Waals surface area contributed by atoms with Gasteiger partial charge in [0, 0.05) is 24.9 Å². The summed E-state index contributed by atoms with van der Waals surface area (Å²) in [5.41, 5.74) is 1.85. The van der Waals surface area contributed by atoms with Crippen LogP contribution in [0.2, 0.25) is 0 Å². The second kappa shape index (κ2) is 8.62. The Balaban J connectivity index is 1.51. The van der Waals surface area contributed by atoms with Crippen LogP contribution in [-0.4, -0.2) is 44.7 Å². The maximum Gasteiger partial charge on any atom is 0.321 e. The molecule has 31 heavy (non-hydrogen) atoms. The van der Waals surface area contributed by atoms with Gasteiger partial charge in [-0.05, 0) is 17.7 Å². The van der Waals surface area contributed by atoms with Gasteiger partial charge in [0.1, 0.15) is 6.04 Å². The standard InChI is InChI=1S/C22H19N5O4/c28-19(26-22(31)24-11-14-6-2-1-3-7-14)18(10-15-12-23-13-25-15)27-20(29)16-8-4-5-9-17(16)21(27)30/h1-9,12-13,18H,10-11H2,(H,23,25)(H2,24,26,28,31). The first kappa shape index (κ1) is 20.0. The van der Waals surface area contributed by atoms with Gasteiger partial charge in [0.25, 0.3) is 17.7 Å². The lowest BCUT2D eigenvalue weighted by Crippen LogP contribution is -2.53. The Kier molecular flexibility index (Phi) is 5.57. The molecular formula is C22H19N5O4. The highest BCUT2D eigenvalue weighted by Crippen LogP contribution is 2.25. The first-order valence-electron chi connectivity index (χ1n) is 9.61. The molecule has 0 saturated heterocycles. The summed E-state index contributed by atoms with van der Waals surface area (Å²) in [6.07, 6.45) is 2.91. The van der Waals surface area contributed by atoms with Gasteiger partial charge >= 0.3 is 6.03 Å². The molecule has 156 valence electrons. The summed E-state index contributed by atoms with van der Waals surface area (Å²) >= 11 is 0. The molecule has 1 aromatic heterocycles. The maximum absolute atomic E-state index is 13.0. The average molecular weight is 417 g/mol. The van der Waals surface area contributed by atoms with Gasteiger partial charge in [-0.25, -0.2) is 9.78 Å². The van der Waals surface area contributed by atoms with Crippen molar-refractivity contribution in [1.29, 1.82) is 0 Å². The second-order valence-corrected chi connectivity index (χ2v) is 6.98. The van der Waals surface area contributed by atoms with Crippen LogP contribution in [0.1, 0.15) is 32.0 Å². The van der Waals surface area contributed by atoms with E-state index in [1.54, 1.807) is 12.1 Å². The maximum atomic E-state index is 13.0. The predicted octanol–water partition coefficient (Wildman–Crippen LogP) is 1.64. The largest absolute Gasteiger partial charge is 0.348 e. The molecule has 9 heteroatoms. The highest BCUT2D eigenvalue weighted by Gasteiger charge is 2.43. The van der Waals surface area contributed by atoms with Crippen molar-refractivity contribution in [2.75, 3.05) is 0 Å². The number of imidazole rings is 1. The Morgan fingerprint density at radius 3 is 2.23 bits per heavy atom. The summed E-state index contributed by atoms with van der Waals surface area (Å²) in [6, 6.07) is 13.6. The van der Waals surface area contributed by atoms with Crippen molar-refractivity contribution < 1.29 is 19.2 Å². The van der Waals surface area contributed by atoms with E-state index in [0.717, 1.165) is 10.5 Å². The third-order valence-corrected chi connectivity index (χ3v) is 4.94. The lowest BCUT2D eigenvalue weighted by molar-refractivity contribution is -0.123. The van der Waals surface area contributed by atoms with Gasteiger partial charge in [-0.15, -0.1) is 0 Å². The van der Waals surface area contributed by atoms with Crippen LogP contribution < -0.4 is 10.6 Å². The highest BCUT2D eigenvalue weighted by atomic mass is 16.2. The molecule has 3 N–H and O–H groups in total. The summed E-state index contributed by atoms with van der Waals surface area (Å²) in [5.74, 6) is -1.93. The summed E-state index contributed by atoms with van der Waals surface area (Å²) < 4.78 is 0. The molecule has 4 rings (SSSR count). The summed E-state index contributed by atoms with van der Waals surface area (Å²) in [6.45, 7) is 0.220. The normalized spacial score (nSPS) is 13.6. The van der Waals surface area contributed by atoms with Gasteiger partial charge < -0.3 is 10.3 Å². The van der Waals surface area contributed by atoms with E-state index in [0.29, 0.717) is 5.69 Å². The number of nitrogens with zero attached hydrogens (tertiary/aromatic N) is 2. The monoisotopic (exact) mass is 417 g/mol. The number of amides is 5. The fourth-order valence-corrected chi connectivity index (χ4v) is 3.41. The molecule has 9 nitrogen and oxygen atoms in total. The third kappa shape index (κ3) is 4.20. The van der Waals surface area contributed by atoms with Gasteiger partial charge in [-0.1, -0.05) is 42.5 Å². The van der Waals surface area contributed by atoms with E-state index in [9.17, 15) is 19.2 Å². The van der Waals surface area contributed by atoms with Crippen LogP contribution in [-0.2, 0) is 17.8 Å². The molecule has 1 aliphatic rings. The Morgan fingerprint density at radius 1 is 0.968 bits per heavy atom. The minimum atomic E-state index is -1.23. The minimum absolute atomic E-state index is 0.0106. The molecule has 2 heterocycles. The number of hydrogen-bond acceptors (Lipinski definition) is 5. The Labute approximate surface area is 177 Å². The van der Waals surface area contributed by atoms with Gasteiger partial charge in [-0.2, -0.15) is 0 Å². The van der Waals surface area contributed by atoms with Crippen LogP contribution >= 0.6 is 0 Å². The molecular weight excluding hydrogens is 398 g/mol. The van der Waals surface area contributed by atoms with Crippen LogP contribution in [0.15, 0.2) is 67.1 Å². The molecule has 1 unspecified atom stereocenters. The van der Waals surface area contributed by atoms with Crippen molar-refractivity contribution in [3.05, 3.63) is 89.5 Å². The van der Waals surface area contributed by atoms with E-state index in [2.05, 4.69) is 20.6 Å². The van der Waals surface area contributed by atoms with Crippen LogP contribution in [0.5, 0.6) is 0 Å². The Morgan fingerprint density at radius 2 is 1.61 bits per heavy atom. The lowest BCUT2D eigenvalue weighted by atomic mass is 10.1. The zero-order valence-electron chi connectivity index (χ0n) is 16.4. The smallest absolute Gasteiger partial charge is 0.321 e. The number of imide groups is 2. The minimum Gasteiger partial charge on any atom is -0.348 e. The number of urea groups is 1. The van der Waals surface area contributed by atoms with Crippen LogP contribution in [0.4, 0.5) is 4.79 Å². The quantitative estimate of drug-likeness (QED) is 0.526. The molecule has 2 aromatic carbocycles. The fourth-order valence-electron chi connectivity index (χ4n) is 3.41. The van der Waals surface area contributed by atoms with Crippen molar-refractivity contribution in [3.8, 4) is 0 Å². The van der Waals surface area contributed by atoms with Crippen LogP contribution in [0, 0.1) is 0 Å². The predicted molar refractivity (Wildman–Crippen MR) is 110 cm³/mol. The molecule has 0 saturated carbocycles. The van der Waals surface area contributed by atoms with Gasteiger partial charge in [0.2, 0.25) is 0 Å². The molecule has 0 aliphatic carbocycles. The van der Waals surface area contributed by atoms with Crippen molar-refractivity contribution in [2.24, 2.45) is 0 Å². The van der Waals surface area contributed by atoms with Crippen LogP contribution in [0.25, 0.3) is 0 Å². The van der Waals surface area contributed by atoms with E-state index >= 15 is 0 Å². The number of carbonyl (C=O) groups is 4. The average Bonchev–Trinajstić information content (AvgIpc) is 3.38. The molecule has 0 spiro atoms. The SMILES string of the molecule is O=C(NCc1ccccc1)NC(=O)C(Cc1cnc[nH]1)N1C(=O)c2ccccc2C1=O. The number of nitrogens with one attached hydrogen (secondary N) is 3. The number of rotatable bonds is 6. The number of carbonyl (C=O) groups excluding carboxylic acids is 4. The number of aromatic amines is 1. The highest BCUT2D eigenvalue weighted by molar-refractivity contribution is 6.23. The third-order valence-electron chi connectivity index (χ3n) is 4.94. The van der Waals surface area contributed by atoms with Crippen molar-refractivity contribution >= 4 is 23.8 Å². The lowest BCUT2D eigenvalue weighted by Gasteiger charge is -2.24. The Hall–Kier alpha value is -4.27. The number of hydrogen-bond donors (Lipinski definition) is 3. The molecule has 5 amide bonds. The molecule has 3 aromatic rings. The second-order valence-electron chi connectivity index (χ2n) is 6.98. The van der Waals surface area contributed by atoms with Crippen molar-refractivity contribution in [3.63, 3.8) is 0 Å². The Bertz CT molecular complexity index is 1090. The fraction of sp³-hybridized carbons (Fsp3) is 0.136. The molecule has 0 bridgehead atoms. The van der Waals surface area contributed by atoms with Gasteiger partial charge in [0.05, 0.1) is 17.5 Å². The first-order chi connectivity index (χ1) is 15.0. The molecule has 0 fully saturated rings. The van der Waals surface area contributed by atoms with Crippen LogP contribution in [0.3, 0.4) is 0 Å². The van der Waals surface area contributed by atoms with Gasteiger partial charge in [-0.3, -0.25) is 24.6 Å². The number of aromatic nitrogens is 2. The van der Waals surface area contributed by atoms with E-state index in [4.69, 9.17) is 0 Å². The molecule has 1 atom stereocenters. The first-order valence-corrected chi connectivity index (χ1v) is 9.61. The molecule has 1 aliphatic heterocycles.